The highest BCUT2D eigenvalue weighted by atomic mass is 32.1. The van der Waals surface area contributed by atoms with Gasteiger partial charge in [0.25, 0.3) is 0 Å². The van der Waals surface area contributed by atoms with E-state index in [-0.39, 0.29) is 5.41 Å². The van der Waals surface area contributed by atoms with E-state index in [2.05, 4.69) is 103 Å². The normalized spacial score (nSPS) is 14.7. The van der Waals surface area contributed by atoms with Gasteiger partial charge in [0, 0.05) is 47.8 Å². The third-order valence-electron chi connectivity index (χ3n) is 10.8. The fourth-order valence-electron chi connectivity index (χ4n) is 8.56. The largest absolute Gasteiger partial charge is 0.208 e. The van der Waals surface area contributed by atoms with Gasteiger partial charge in [0.15, 0.2) is 17.5 Å². The van der Waals surface area contributed by atoms with Gasteiger partial charge in [-0.3, -0.25) is 0 Å². The van der Waals surface area contributed by atoms with Gasteiger partial charge in [-0.05, 0) is 46.7 Å². The molecule has 2 aromatic heterocycles. The zero-order valence-electron chi connectivity index (χ0n) is 27.1. The van der Waals surface area contributed by atoms with Crippen molar-refractivity contribution in [3.05, 3.63) is 151 Å². The number of nitrogens with zero attached hydrogens (tertiary/aromatic N) is 3. The van der Waals surface area contributed by atoms with Gasteiger partial charge in [-0.15, -0.1) is 11.3 Å². The summed E-state index contributed by atoms with van der Waals surface area (Å²) in [6, 6.07) is 50.1. The van der Waals surface area contributed by atoms with Gasteiger partial charge >= 0.3 is 0 Å². The van der Waals surface area contributed by atoms with Crippen molar-refractivity contribution in [3.63, 3.8) is 0 Å². The van der Waals surface area contributed by atoms with E-state index in [1.165, 1.54) is 85.7 Å². The van der Waals surface area contributed by atoms with E-state index in [4.69, 9.17) is 15.0 Å². The first-order valence-corrected chi connectivity index (χ1v) is 18.2. The maximum atomic E-state index is 5.11. The topological polar surface area (TPSA) is 38.7 Å². The minimum atomic E-state index is 0.132. The summed E-state index contributed by atoms with van der Waals surface area (Å²) in [6.45, 7) is 0. The maximum Gasteiger partial charge on any atom is 0.165 e. The SMILES string of the molecule is c1ccc(-c2nc(-c3ccccc3)nc(-c3cccc4c3sc3c(-c5cccc6c5-c5ccccc5C65CCCCC5)cccc34)n2)cc1. The Hall–Kier alpha value is -5.45. The molecule has 2 heterocycles. The molecule has 6 aromatic carbocycles. The first-order chi connectivity index (χ1) is 24.3. The van der Waals surface area contributed by atoms with Crippen molar-refractivity contribution < 1.29 is 0 Å². The Labute approximate surface area is 290 Å². The van der Waals surface area contributed by atoms with Crippen LogP contribution in [0.4, 0.5) is 0 Å². The molecule has 0 N–H and O–H groups in total. The summed E-state index contributed by atoms with van der Waals surface area (Å²) >= 11 is 1.86. The molecule has 234 valence electrons. The second kappa shape index (κ2) is 11.3. The molecule has 8 aromatic rings. The van der Waals surface area contributed by atoms with Crippen molar-refractivity contribution >= 4 is 31.5 Å². The molecule has 0 atom stereocenters. The van der Waals surface area contributed by atoms with Crippen molar-refractivity contribution in [2.24, 2.45) is 0 Å². The predicted octanol–water partition coefficient (Wildman–Crippen LogP) is 12.1. The molecule has 0 unspecified atom stereocenters. The number of benzene rings is 6. The first kappa shape index (κ1) is 28.6. The molecular weight excluding hydrogens is 615 g/mol. The minimum Gasteiger partial charge on any atom is -0.208 e. The second-order valence-electron chi connectivity index (χ2n) is 13.4. The van der Waals surface area contributed by atoms with Crippen molar-refractivity contribution in [3.8, 4) is 56.4 Å². The van der Waals surface area contributed by atoms with Gasteiger partial charge in [-0.25, -0.2) is 15.0 Å². The van der Waals surface area contributed by atoms with E-state index < -0.39 is 0 Å². The zero-order valence-corrected chi connectivity index (χ0v) is 27.9. The van der Waals surface area contributed by atoms with Gasteiger partial charge in [-0.1, -0.05) is 153 Å². The molecule has 0 amide bonds. The minimum absolute atomic E-state index is 0.132. The van der Waals surface area contributed by atoms with Gasteiger partial charge in [0.2, 0.25) is 0 Å². The van der Waals surface area contributed by atoms with E-state index in [0.717, 1.165) is 16.7 Å². The molecule has 4 heteroatoms. The Kier molecular flexibility index (Phi) is 6.60. The molecule has 1 spiro atoms. The van der Waals surface area contributed by atoms with E-state index >= 15 is 0 Å². The standard InChI is InChI=1S/C45H33N3S/c1-4-15-29(16-5-1)42-46-43(30-17-6-2-7-18-30)48-44(47-42)36-24-13-23-34-33-22-12-21-32(40(33)49-41(34)36)31-20-14-26-38-39(31)35-19-8-9-25-37(35)45(38)27-10-3-11-28-45/h1-2,4-9,12-26H,3,10-11,27-28H2. The van der Waals surface area contributed by atoms with Crippen molar-refractivity contribution in [2.45, 2.75) is 37.5 Å². The smallest absolute Gasteiger partial charge is 0.165 e. The third-order valence-corrected chi connectivity index (χ3v) is 12.0. The van der Waals surface area contributed by atoms with Crippen LogP contribution in [0.25, 0.3) is 76.6 Å². The fourth-order valence-corrected chi connectivity index (χ4v) is 9.90. The Morgan fingerprint density at radius 3 is 1.61 bits per heavy atom. The predicted molar refractivity (Wildman–Crippen MR) is 204 cm³/mol. The van der Waals surface area contributed by atoms with E-state index in [1.807, 2.05) is 47.7 Å². The van der Waals surface area contributed by atoms with Crippen LogP contribution < -0.4 is 0 Å². The Bertz CT molecular complexity index is 2470. The van der Waals surface area contributed by atoms with Crippen LogP contribution in [0.2, 0.25) is 0 Å². The second-order valence-corrected chi connectivity index (χ2v) is 14.4. The summed E-state index contributed by atoms with van der Waals surface area (Å²) in [4.78, 5) is 15.2. The molecule has 0 bridgehead atoms. The number of aromatic nitrogens is 3. The van der Waals surface area contributed by atoms with E-state index in [1.54, 1.807) is 0 Å². The Balaban J connectivity index is 1.19. The lowest BCUT2D eigenvalue weighted by atomic mass is 9.68. The summed E-state index contributed by atoms with van der Waals surface area (Å²) in [5, 5.41) is 2.51. The highest BCUT2D eigenvalue weighted by molar-refractivity contribution is 7.26. The van der Waals surface area contributed by atoms with Crippen LogP contribution in [-0.4, -0.2) is 15.0 Å². The summed E-state index contributed by atoms with van der Waals surface area (Å²) < 4.78 is 2.51. The van der Waals surface area contributed by atoms with Crippen molar-refractivity contribution in [1.82, 2.24) is 15.0 Å². The molecule has 3 nitrogen and oxygen atoms in total. The number of thiophene rings is 1. The van der Waals surface area contributed by atoms with Gasteiger partial charge in [0.05, 0.1) is 0 Å². The summed E-state index contributed by atoms with van der Waals surface area (Å²) in [7, 11) is 0. The third kappa shape index (κ3) is 4.44. The van der Waals surface area contributed by atoms with Crippen LogP contribution in [0.5, 0.6) is 0 Å². The number of hydrogen-bond donors (Lipinski definition) is 0. The average molecular weight is 648 g/mol. The molecule has 49 heavy (non-hydrogen) atoms. The van der Waals surface area contributed by atoms with E-state index in [0.29, 0.717) is 17.5 Å². The quantitative estimate of drug-likeness (QED) is 0.191. The van der Waals surface area contributed by atoms with E-state index in [9.17, 15) is 0 Å². The lowest BCUT2D eigenvalue weighted by Crippen LogP contribution is -2.27. The lowest BCUT2D eigenvalue weighted by molar-refractivity contribution is 0.353. The summed E-state index contributed by atoms with van der Waals surface area (Å²) in [5.41, 5.74) is 11.7. The lowest BCUT2D eigenvalue weighted by Gasteiger charge is -2.36. The molecule has 1 fully saturated rings. The fraction of sp³-hybridized carbons (Fsp3) is 0.133. The number of hydrogen-bond acceptors (Lipinski definition) is 4. The van der Waals surface area contributed by atoms with Crippen LogP contribution in [0.15, 0.2) is 140 Å². The molecule has 1 saturated carbocycles. The summed E-state index contributed by atoms with van der Waals surface area (Å²) in [6.07, 6.45) is 6.39. The highest BCUT2D eigenvalue weighted by Gasteiger charge is 2.44. The van der Waals surface area contributed by atoms with Crippen LogP contribution in [0.3, 0.4) is 0 Å². The van der Waals surface area contributed by atoms with Crippen molar-refractivity contribution in [1.29, 1.82) is 0 Å². The van der Waals surface area contributed by atoms with Crippen LogP contribution >= 0.6 is 11.3 Å². The number of fused-ring (bicyclic) bond motifs is 8. The van der Waals surface area contributed by atoms with Gasteiger partial charge in [-0.2, -0.15) is 0 Å². The van der Waals surface area contributed by atoms with Crippen LogP contribution in [0, 0.1) is 0 Å². The average Bonchev–Trinajstić information content (AvgIpc) is 3.69. The molecule has 0 aliphatic heterocycles. The van der Waals surface area contributed by atoms with Gasteiger partial charge < -0.3 is 0 Å². The van der Waals surface area contributed by atoms with Crippen LogP contribution in [0.1, 0.15) is 43.2 Å². The number of rotatable bonds is 4. The zero-order chi connectivity index (χ0) is 32.4. The first-order valence-electron chi connectivity index (χ1n) is 17.3. The Morgan fingerprint density at radius 1 is 0.408 bits per heavy atom. The molecule has 2 aliphatic carbocycles. The van der Waals surface area contributed by atoms with Crippen LogP contribution in [-0.2, 0) is 5.41 Å². The summed E-state index contributed by atoms with van der Waals surface area (Å²) in [5.74, 6) is 2.05. The molecule has 0 saturated heterocycles. The molecule has 0 radical (unpaired) electrons. The molecule has 10 rings (SSSR count). The molecule has 2 aliphatic rings. The molecular formula is C45H33N3S. The Morgan fingerprint density at radius 2 is 0.918 bits per heavy atom. The van der Waals surface area contributed by atoms with Gasteiger partial charge in [0.1, 0.15) is 0 Å². The highest BCUT2D eigenvalue weighted by Crippen LogP contribution is 2.58. The van der Waals surface area contributed by atoms with Crippen molar-refractivity contribution in [2.75, 3.05) is 0 Å². The maximum absolute atomic E-state index is 5.11. The monoisotopic (exact) mass is 647 g/mol.